The van der Waals surface area contributed by atoms with Gasteiger partial charge in [0.1, 0.15) is 11.6 Å². The number of benzene rings is 1. The summed E-state index contributed by atoms with van der Waals surface area (Å²) in [7, 11) is 6.01. The number of ether oxygens (including phenoxy) is 1. The molecule has 29 heavy (non-hydrogen) atoms. The summed E-state index contributed by atoms with van der Waals surface area (Å²) in [5, 5.41) is 3.53. The van der Waals surface area contributed by atoms with Gasteiger partial charge in [0.25, 0.3) is 0 Å². The average molecular weight is 523 g/mol. The molecule has 1 N–H and O–H groups in total. The minimum atomic E-state index is -0.415. The SMILES string of the molecule is CN=C(NCC1(N(C)C)CCOCC1)N1CCN(c2cc(F)ccc2F)CC1.I. The lowest BCUT2D eigenvalue weighted by Crippen LogP contribution is -2.59. The second kappa shape index (κ2) is 10.7. The van der Waals surface area contributed by atoms with Crippen LogP contribution < -0.4 is 10.2 Å². The van der Waals surface area contributed by atoms with Crippen LogP contribution in [0.2, 0.25) is 0 Å². The molecule has 2 aliphatic rings. The molecule has 1 aromatic rings. The largest absolute Gasteiger partial charge is 0.381 e. The van der Waals surface area contributed by atoms with Crippen molar-refractivity contribution >= 4 is 35.6 Å². The smallest absolute Gasteiger partial charge is 0.193 e. The number of piperazine rings is 1. The summed E-state index contributed by atoms with van der Waals surface area (Å²) >= 11 is 0. The van der Waals surface area contributed by atoms with Gasteiger partial charge in [-0.25, -0.2) is 8.78 Å². The quantitative estimate of drug-likeness (QED) is 0.373. The maximum atomic E-state index is 14.0. The van der Waals surface area contributed by atoms with Crippen LogP contribution in [0.5, 0.6) is 0 Å². The summed E-state index contributed by atoms with van der Waals surface area (Å²) in [4.78, 5) is 10.8. The van der Waals surface area contributed by atoms with Crippen LogP contribution in [-0.4, -0.2) is 88.4 Å². The summed E-state index contributed by atoms with van der Waals surface area (Å²) < 4.78 is 33.1. The Hall–Kier alpha value is -1.20. The summed E-state index contributed by atoms with van der Waals surface area (Å²) in [6.07, 6.45) is 1.97. The Labute approximate surface area is 189 Å². The monoisotopic (exact) mass is 523 g/mol. The predicted molar refractivity (Wildman–Crippen MR) is 123 cm³/mol. The number of hydrogen-bond acceptors (Lipinski definition) is 4. The molecule has 0 unspecified atom stereocenters. The fraction of sp³-hybridized carbons (Fsp3) is 0.650. The molecule has 0 spiro atoms. The number of aliphatic imine (C=N–C) groups is 1. The van der Waals surface area contributed by atoms with E-state index >= 15 is 0 Å². The van der Waals surface area contributed by atoms with Crippen molar-refractivity contribution < 1.29 is 13.5 Å². The summed E-state index contributed by atoms with van der Waals surface area (Å²) in [6, 6.07) is 3.61. The molecule has 0 bridgehead atoms. The van der Waals surface area contributed by atoms with E-state index in [0.717, 1.165) is 44.6 Å². The lowest BCUT2D eigenvalue weighted by Gasteiger charge is -2.44. The number of nitrogens with one attached hydrogen (secondary N) is 1. The van der Waals surface area contributed by atoms with Crippen molar-refractivity contribution in [2.45, 2.75) is 18.4 Å². The first-order valence-corrected chi connectivity index (χ1v) is 9.86. The third kappa shape index (κ3) is 5.69. The molecular formula is C20H32F2IN5O. The summed E-state index contributed by atoms with van der Waals surface area (Å²) in [6.45, 7) is 4.99. The lowest BCUT2D eigenvalue weighted by molar-refractivity contribution is -0.00526. The molecule has 164 valence electrons. The van der Waals surface area contributed by atoms with Gasteiger partial charge in [0.15, 0.2) is 5.96 Å². The molecule has 9 heteroatoms. The number of nitrogens with zero attached hydrogens (tertiary/aromatic N) is 4. The molecule has 1 aromatic carbocycles. The first-order valence-electron chi connectivity index (χ1n) is 9.86. The molecule has 0 aliphatic carbocycles. The van der Waals surface area contributed by atoms with E-state index in [4.69, 9.17) is 4.74 Å². The number of rotatable bonds is 4. The third-order valence-corrected chi connectivity index (χ3v) is 5.99. The van der Waals surface area contributed by atoms with Gasteiger partial charge in [0, 0.05) is 64.6 Å². The van der Waals surface area contributed by atoms with Gasteiger partial charge in [-0.05, 0) is 39.1 Å². The Morgan fingerprint density at radius 1 is 1.17 bits per heavy atom. The van der Waals surface area contributed by atoms with E-state index in [0.29, 0.717) is 31.9 Å². The Bertz CT molecular complexity index is 689. The van der Waals surface area contributed by atoms with Crippen molar-refractivity contribution in [1.29, 1.82) is 0 Å². The van der Waals surface area contributed by atoms with Crippen LogP contribution in [0.4, 0.5) is 14.5 Å². The van der Waals surface area contributed by atoms with Gasteiger partial charge < -0.3 is 24.8 Å². The molecule has 2 aliphatic heterocycles. The molecule has 0 aromatic heterocycles. The van der Waals surface area contributed by atoms with Crippen LogP contribution in [-0.2, 0) is 4.74 Å². The molecule has 3 rings (SSSR count). The van der Waals surface area contributed by atoms with E-state index in [1.807, 2.05) is 4.90 Å². The lowest BCUT2D eigenvalue weighted by atomic mass is 9.88. The van der Waals surface area contributed by atoms with Gasteiger partial charge >= 0.3 is 0 Å². The molecule has 0 radical (unpaired) electrons. The van der Waals surface area contributed by atoms with E-state index < -0.39 is 5.82 Å². The topological polar surface area (TPSA) is 43.3 Å². The molecule has 6 nitrogen and oxygen atoms in total. The second-order valence-electron chi connectivity index (χ2n) is 7.70. The van der Waals surface area contributed by atoms with E-state index in [9.17, 15) is 8.78 Å². The number of anilines is 1. The Kier molecular flexibility index (Phi) is 8.90. The van der Waals surface area contributed by atoms with Crippen molar-refractivity contribution in [3.63, 3.8) is 0 Å². The standard InChI is InChI=1S/C20H31F2N5O.HI/c1-23-19(24-15-20(25(2)3)6-12-28-13-7-20)27-10-8-26(9-11-27)18-14-16(21)4-5-17(18)22;/h4-5,14H,6-13,15H2,1-3H3,(H,23,24);1H. The number of hydrogen-bond donors (Lipinski definition) is 1. The van der Waals surface area contributed by atoms with E-state index in [1.165, 1.54) is 12.1 Å². The predicted octanol–water partition coefficient (Wildman–Crippen LogP) is 2.39. The molecule has 2 fully saturated rings. The van der Waals surface area contributed by atoms with Crippen LogP contribution >= 0.6 is 24.0 Å². The molecule has 0 amide bonds. The number of guanidine groups is 1. The molecule has 0 saturated carbocycles. The van der Waals surface area contributed by atoms with Gasteiger partial charge in [0.2, 0.25) is 0 Å². The first-order chi connectivity index (χ1) is 13.4. The summed E-state index contributed by atoms with van der Waals surface area (Å²) in [5.41, 5.74) is 0.386. The maximum absolute atomic E-state index is 14.0. The van der Waals surface area contributed by atoms with Crippen LogP contribution in [0.3, 0.4) is 0 Å². The Balaban J connectivity index is 0.00000300. The first kappa shape index (κ1) is 24.1. The molecule has 0 atom stereocenters. The molecule has 2 saturated heterocycles. The van der Waals surface area contributed by atoms with Gasteiger partial charge in [0.05, 0.1) is 5.69 Å². The zero-order valence-corrected chi connectivity index (χ0v) is 19.8. The van der Waals surface area contributed by atoms with Crippen LogP contribution in [0, 0.1) is 11.6 Å². The van der Waals surface area contributed by atoms with Crippen molar-refractivity contribution in [3.8, 4) is 0 Å². The van der Waals surface area contributed by atoms with Crippen molar-refractivity contribution in [2.75, 3.05) is 72.0 Å². The minimum Gasteiger partial charge on any atom is -0.381 e. The van der Waals surface area contributed by atoms with E-state index in [2.05, 4.69) is 34.2 Å². The highest BCUT2D eigenvalue weighted by Crippen LogP contribution is 2.25. The number of likely N-dealkylation sites (N-methyl/N-ethyl adjacent to an activating group) is 1. The highest BCUT2D eigenvalue weighted by atomic mass is 127. The highest BCUT2D eigenvalue weighted by Gasteiger charge is 2.35. The number of halogens is 3. The van der Waals surface area contributed by atoms with Crippen molar-refractivity contribution in [1.82, 2.24) is 15.1 Å². The second-order valence-corrected chi connectivity index (χ2v) is 7.70. The Morgan fingerprint density at radius 3 is 2.41 bits per heavy atom. The minimum absolute atomic E-state index is 0. The third-order valence-electron chi connectivity index (χ3n) is 5.99. The van der Waals surface area contributed by atoms with Gasteiger partial charge in [-0.3, -0.25) is 4.99 Å². The van der Waals surface area contributed by atoms with Crippen LogP contribution in [0.25, 0.3) is 0 Å². The van der Waals surface area contributed by atoms with Crippen molar-refractivity contribution in [2.24, 2.45) is 4.99 Å². The highest BCUT2D eigenvalue weighted by molar-refractivity contribution is 14.0. The Morgan fingerprint density at radius 2 is 1.83 bits per heavy atom. The zero-order valence-electron chi connectivity index (χ0n) is 17.5. The normalized spacial score (nSPS) is 19.9. The van der Waals surface area contributed by atoms with Crippen LogP contribution in [0.15, 0.2) is 23.2 Å². The van der Waals surface area contributed by atoms with Crippen LogP contribution in [0.1, 0.15) is 12.8 Å². The summed E-state index contributed by atoms with van der Waals surface area (Å²) in [5.74, 6) is 0.0543. The zero-order chi connectivity index (χ0) is 20.1. The maximum Gasteiger partial charge on any atom is 0.193 e. The van der Waals surface area contributed by atoms with Gasteiger partial charge in [-0.15, -0.1) is 24.0 Å². The molecule has 2 heterocycles. The van der Waals surface area contributed by atoms with Gasteiger partial charge in [-0.2, -0.15) is 0 Å². The fourth-order valence-electron chi connectivity index (χ4n) is 4.00. The molecular weight excluding hydrogens is 491 g/mol. The van der Waals surface area contributed by atoms with E-state index in [-0.39, 0.29) is 35.3 Å². The van der Waals surface area contributed by atoms with E-state index in [1.54, 1.807) is 7.05 Å². The van der Waals surface area contributed by atoms with Crippen molar-refractivity contribution in [3.05, 3.63) is 29.8 Å². The fourth-order valence-corrected chi connectivity index (χ4v) is 4.00. The van der Waals surface area contributed by atoms with Gasteiger partial charge in [-0.1, -0.05) is 0 Å². The average Bonchev–Trinajstić information content (AvgIpc) is 2.71.